The molecule has 0 spiro atoms. The molecule has 0 saturated heterocycles. The lowest BCUT2D eigenvalue weighted by Gasteiger charge is -2.17. The predicted molar refractivity (Wildman–Crippen MR) is 81.2 cm³/mol. The number of amides is 1. The summed E-state index contributed by atoms with van der Waals surface area (Å²) in [5, 5.41) is 21.1. The summed E-state index contributed by atoms with van der Waals surface area (Å²) in [5.74, 6) is 0.423. The fraction of sp³-hybridized carbons (Fsp3) is 0.429. The van der Waals surface area contributed by atoms with Gasteiger partial charge in [0.25, 0.3) is 0 Å². The highest BCUT2D eigenvalue weighted by Gasteiger charge is 2.14. The molecule has 1 aromatic heterocycles. The van der Waals surface area contributed by atoms with E-state index in [1.807, 2.05) is 32.9 Å². The molecule has 110 valence electrons. The van der Waals surface area contributed by atoms with Crippen molar-refractivity contribution in [2.45, 2.75) is 31.8 Å². The Balaban J connectivity index is 2.77. The van der Waals surface area contributed by atoms with Gasteiger partial charge in [-0.25, -0.2) is 4.98 Å². The fourth-order valence-electron chi connectivity index (χ4n) is 1.39. The lowest BCUT2D eigenvalue weighted by molar-refractivity contribution is -0.119. The molecule has 1 rings (SSSR count). The molecule has 21 heavy (non-hydrogen) atoms. The number of nitriles is 2. The van der Waals surface area contributed by atoms with Crippen molar-refractivity contribution in [3.05, 3.63) is 17.2 Å². The molecule has 3 N–H and O–H groups in total. The van der Waals surface area contributed by atoms with Crippen molar-refractivity contribution in [2.24, 2.45) is 5.92 Å². The summed E-state index contributed by atoms with van der Waals surface area (Å²) >= 11 is 1.13. The summed E-state index contributed by atoms with van der Waals surface area (Å²) in [6.45, 7) is 5.98. The van der Waals surface area contributed by atoms with Crippen LogP contribution in [0, 0.1) is 28.6 Å². The minimum Gasteiger partial charge on any atom is -0.383 e. The second-order valence-corrected chi connectivity index (χ2v) is 5.85. The molecular weight excluding hydrogens is 286 g/mol. The van der Waals surface area contributed by atoms with Crippen LogP contribution >= 0.6 is 11.8 Å². The Morgan fingerprint density at radius 3 is 2.52 bits per heavy atom. The van der Waals surface area contributed by atoms with E-state index < -0.39 is 0 Å². The van der Waals surface area contributed by atoms with Crippen molar-refractivity contribution in [3.63, 3.8) is 0 Å². The van der Waals surface area contributed by atoms with Crippen LogP contribution in [-0.4, -0.2) is 22.7 Å². The Morgan fingerprint density at radius 2 is 2.00 bits per heavy atom. The number of carbonyl (C=O) groups is 1. The van der Waals surface area contributed by atoms with Gasteiger partial charge in [-0.05, 0) is 18.9 Å². The van der Waals surface area contributed by atoms with E-state index >= 15 is 0 Å². The maximum absolute atomic E-state index is 11.8. The summed E-state index contributed by atoms with van der Waals surface area (Å²) < 4.78 is 0. The second-order valence-electron chi connectivity index (χ2n) is 4.89. The SMILES string of the molecule is CC(C)[C@H](C)NC(=O)CSc1nc(N)c(C#N)cc1C#N. The van der Waals surface area contributed by atoms with E-state index in [4.69, 9.17) is 16.3 Å². The molecular formula is C14H17N5OS. The number of hydrogen-bond donors (Lipinski definition) is 2. The van der Waals surface area contributed by atoms with Crippen LogP contribution in [0.2, 0.25) is 0 Å². The zero-order valence-electron chi connectivity index (χ0n) is 12.2. The third-order valence-corrected chi connectivity index (χ3v) is 3.98. The maximum Gasteiger partial charge on any atom is 0.230 e. The van der Waals surface area contributed by atoms with E-state index in [-0.39, 0.29) is 34.6 Å². The van der Waals surface area contributed by atoms with Gasteiger partial charge in [-0.15, -0.1) is 0 Å². The monoisotopic (exact) mass is 303 g/mol. The molecule has 7 heteroatoms. The van der Waals surface area contributed by atoms with E-state index in [1.165, 1.54) is 6.07 Å². The van der Waals surface area contributed by atoms with Gasteiger partial charge >= 0.3 is 0 Å². The number of nitrogens with zero attached hydrogens (tertiary/aromatic N) is 3. The van der Waals surface area contributed by atoms with Crippen LogP contribution < -0.4 is 11.1 Å². The van der Waals surface area contributed by atoms with Crippen molar-refractivity contribution in [1.29, 1.82) is 10.5 Å². The predicted octanol–water partition coefficient (Wildman–Crippen LogP) is 1.66. The summed E-state index contributed by atoms with van der Waals surface area (Å²) in [6.07, 6.45) is 0. The van der Waals surface area contributed by atoms with Gasteiger partial charge in [-0.2, -0.15) is 10.5 Å². The number of thioether (sulfide) groups is 1. The first-order valence-corrected chi connectivity index (χ1v) is 7.40. The van der Waals surface area contributed by atoms with Gasteiger partial charge in [-0.3, -0.25) is 4.79 Å². The van der Waals surface area contributed by atoms with Crippen molar-refractivity contribution >= 4 is 23.5 Å². The fourth-order valence-corrected chi connectivity index (χ4v) is 2.16. The molecule has 0 aromatic carbocycles. The zero-order valence-corrected chi connectivity index (χ0v) is 13.0. The minimum atomic E-state index is -0.130. The summed E-state index contributed by atoms with van der Waals surface area (Å²) in [4.78, 5) is 15.8. The Morgan fingerprint density at radius 1 is 1.38 bits per heavy atom. The molecule has 0 radical (unpaired) electrons. The second kappa shape index (κ2) is 7.51. The number of nitrogen functional groups attached to an aromatic ring is 1. The van der Waals surface area contributed by atoms with Crippen LogP contribution in [-0.2, 0) is 4.79 Å². The van der Waals surface area contributed by atoms with Crippen molar-refractivity contribution in [1.82, 2.24) is 10.3 Å². The van der Waals surface area contributed by atoms with Gasteiger partial charge in [0.15, 0.2) is 0 Å². The first kappa shape index (κ1) is 16.8. The topological polar surface area (TPSA) is 116 Å². The number of carbonyl (C=O) groups excluding carboxylic acids is 1. The Bertz CT molecular complexity index is 615. The normalized spacial score (nSPS) is 11.5. The average Bonchev–Trinajstić information content (AvgIpc) is 2.44. The minimum absolute atomic E-state index is 0.0648. The Labute approximate surface area is 128 Å². The van der Waals surface area contributed by atoms with Gasteiger partial charge in [0, 0.05) is 6.04 Å². The smallest absolute Gasteiger partial charge is 0.230 e. The molecule has 1 atom stereocenters. The molecule has 0 unspecified atom stereocenters. The highest BCUT2D eigenvalue weighted by atomic mass is 32.2. The summed E-state index contributed by atoms with van der Waals surface area (Å²) in [6, 6.07) is 5.30. The zero-order chi connectivity index (χ0) is 16.0. The van der Waals surface area contributed by atoms with Crippen LogP contribution in [0.5, 0.6) is 0 Å². The van der Waals surface area contributed by atoms with E-state index in [1.54, 1.807) is 0 Å². The number of nitrogens with two attached hydrogens (primary N) is 1. The molecule has 0 aliphatic rings. The van der Waals surface area contributed by atoms with Crippen LogP contribution in [0.1, 0.15) is 31.9 Å². The number of rotatable bonds is 5. The highest BCUT2D eigenvalue weighted by Crippen LogP contribution is 2.23. The molecule has 0 saturated carbocycles. The summed E-state index contributed by atoms with van der Waals surface area (Å²) in [5.41, 5.74) is 6.03. The van der Waals surface area contributed by atoms with E-state index in [0.29, 0.717) is 10.9 Å². The standard InChI is InChI=1S/C14H17N5OS/c1-8(2)9(3)18-12(20)7-21-14-11(6-16)4-10(5-15)13(17)19-14/h4,8-9H,7H2,1-3H3,(H2,17,19)(H,18,20)/t9-/m0/s1. The highest BCUT2D eigenvalue weighted by molar-refractivity contribution is 8.00. The molecule has 0 aliphatic heterocycles. The molecule has 1 aromatic rings. The van der Waals surface area contributed by atoms with Crippen LogP contribution in [0.3, 0.4) is 0 Å². The molecule has 0 fully saturated rings. The first-order valence-electron chi connectivity index (χ1n) is 6.41. The van der Waals surface area contributed by atoms with Gasteiger partial charge in [0.05, 0.1) is 16.9 Å². The molecule has 1 heterocycles. The number of pyridine rings is 1. The van der Waals surface area contributed by atoms with E-state index in [0.717, 1.165) is 11.8 Å². The number of aromatic nitrogens is 1. The molecule has 0 bridgehead atoms. The van der Waals surface area contributed by atoms with Gasteiger partial charge in [0.1, 0.15) is 23.0 Å². The lowest BCUT2D eigenvalue weighted by Crippen LogP contribution is -2.37. The largest absolute Gasteiger partial charge is 0.383 e. The number of anilines is 1. The molecule has 6 nitrogen and oxygen atoms in total. The maximum atomic E-state index is 11.8. The van der Waals surface area contributed by atoms with Gasteiger partial charge in [0.2, 0.25) is 5.91 Å². The van der Waals surface area contributed by atoms with Crippen LogP contribution in [0.25, 0.3) is 0 Å². The summed E-state index contributed by atoms with van der Waals surface area (Å²) in [7, 11) is 0. The third-order valence-electron chi connectivity index (χ3n) is 2.99. The molecule has 1 amide bonds. The van der Waals surface area contributed by atoms with Gasteiger partial charge in [-0.1, -0.05) is 25.6 Å². The van der Waals surface area contributed by atoms with E-state index in [9.17, 15) is 4.79 Å². The Kier molecular flexibility index (Phi) is 6.01. The van der Waals surface area contributed by atoms with Crippen LogP contribution in [0.15, 0.2) is 11.1 Å². The number of nitrogens with one attached hydrogen (secondary N) is 1. The first-order chi connectivity index (χ1) is 9.88. The van der Waals surface area contributed by atoms with Crippen LogP contribution in [0.4, 0.5) is 5.82 Å². The van der Waals surface area contributed by atoms with Crippen molar-refractivity contribution in [3.8, 4) is 12.1 Å². The average molecular weight is 303 g/mol. The third kappa shape index (κ3) is 4.66. The number of hydrogen-bond acceptors (Lipinski definition) is 6. The van der Waals surface area contributed by atoms with Gasteiger partial charge < -0.3 is 11.1 Å². The van der Waals surface area contributed by atoms with Crippen molar-refractivity contribution < 1.29 is 4.79 Å². The van der Waals surface area contributed by atoms with Crippen molar-refractivity contribution in [2.75, 3.05) is 11.5 Å². The lowest BCUT2D eigenvalue weighted by atomic mass is 10.1. The quantitative estimate of drug-likeness (QED) is 0.799. The van der Waals surface area contributed by atoms with E-state index in [2.05, 4.69) is 10.3 Å². The molecule has 0 aliphatic carbocycles. The Hall–Kier alpha value is -2.25.